The Bertz CT molecular complexity index is 1320. The molecule has 7 heteroatoms. The van der Waals surface area contributed by atoms with E-state index in [2.05, 4.69) is 4.98 Å². The van der Waals surface area contributed by atoms with E-state index in [-0.39, 0.29) is 36.9 Å². The Balaban J connectivity index is 0.00000320. The van der Waals surface area contributed by atoms with Gasteiger partial charge in [0.2, 0.25) is 0 Å². The number of imide groups is 1. The molecule has 0 atom stereocenters. The van der Waals surface area contributed by atoms with Crippen molar-refractivity contribution in [3.63, 3.8) is 0 Å². The fourth-order valence-corrected chi connectivity index (χ4v) is 4.63. The molecule has 0 unspecified atom stereocenters. The summed E-state index contributed by atoms with van der Waals surface area (Å²) in [7, 11) is 1.62. The van der Waals surface area contributed by atoms with Crippen molar-refractivity contribution in [3.05, 3.63) is 101 Å². The highest BCUT2D eigenvalue weighted by Crippen LogP contribution is 2.35. The van der Waals surface area contributed by atoms with Gasteiger partial charge in [-0.05, 0) is 73.2 Å². The number of hydrogen-bond donors (Lipinski definition) is 0. The number of rotatable bonds is 7. The first kappa shape index (κ1) is 26.2. The van der Waals surface area contributed by atoms with E-state index in [9.17, 15) is 9.59 Å². The van der Waals surface area contributed by atoms with Gasteiger partial charge in [-0.3, -0.25) is 19.5 Å². The third-order valence-corrected chi connectivity index (χ3v) is 6.49. The smallest absolute Gasteiger partial charge is 0.261 e. The summed E-state index contributed by atoms with van der Waals surface area (Å²) in [5.74, 6) is 0.614. The number of ether oxygens (including phenoxy) is 2. The standard InChI is InChI=1S/C30H28N2O4.ClH/c1-35-27-15-14-22(19-28(27)36-24-12-5-6-13-24)18-26-25(17-21-9-3-2-4-10-21)29(33)32(30(26)34)20-23-11-7-8-16-31-23;/h2-4,7-11,14-19,24H,5-6,12-13,20H2,1H3;1H. The first-order chi connectivity index (χ1) is 17.6. The zero-order valence-corrected chi connectivity index (χ0v) is 21.4. The molecule has 2 aromatic carbocycles. The lowest BCUT2D eigenvalue weighted by molar-refractivity contribution is -0.137. The molecule has 0 radical (unpaired) electrons. The first-order valence-electron chi connectivity index (χ1n) is 12.2. The monoisotopic (exact) mass is 516 g/mol. The fraction of sp³-hybridized carbons (Fsp3) is 0.233. The lowest BCUT2D eigenvalue weighted by Gasteiger charge is -2.16. The molecule has 0 bridgehead atoms. The van der Waals surface area contributed by atoms with Gasteiger partial charge in [-0.25, -0.2) is 0 Å². The molecule has 2 fully saturated rings. The summed E-state index contributed by atoms with van der Waals surface area (Å²) in [6.07, 6.45) is 9.71. The number of halogens is 1. The fourth-order valence-electron chi connectivity index (χ4n) is 4.63. The van der Waals surface area contributed by atoms with E-state index in [0.29, 0.717) is 28.3 Å². The molecule has 1 saturated carbocycles. The van der Waals surface area contributed by atoms with Crippen LogP contribution in [0.5, 0.6) is 11.5 Å². The van der Waals surface area contributed by atoms with Crippen molar-refractivity contribution in [2.24, 2.45) is 0 Å². The van der Waals surface area contributed by atoms with Gasteiger partial charge in [-0.2, -0.15) is 0 Å². The first-order valence-corrected chi connectivity index (χ1v) is 12.2. The Morgan fingerprint density at radius 3 is 2.19 bits per heavy atom. The van der Waals surface area contributed by atoms with Crippen LogP contribution in [0, 0.1) is 0 Å². The third kappa shape index (κ3) is 5.92. The third-order valence-electron chi connectivity index (χ3n) is 6.49. The van der Waals surface area contributed by atoms with Gasteiger partial charge in [0.25, 0.3) is 11.8 Å². The van der Waals surface area contributed by atoms with Crippen molar-refractivity contribution in [2.45, 2.75) is 38.3 Å². The minimum Gasteiger partial charge on any atom is -0.493 e. The average Bonchev–Trinajstić information content (AvgIpc) is 3.49. The van der Waals surface area contributed by atoms with Crippen LogP contribution in [-0.4, -0.2) is 34.9 Å². The molecule has 2 heterocycles. The molecule has 0 N–H and O–H groups in total. The van der Waals surface area contributed by atoms with Gasteiger partial charge in [0.05, 0.1) is 36.6 Å². The summed E-state index contributed by atoms with van der Waals surface area (Å²) >= 11 is 0. The number of amides is 2. The maximum absolute atomic E-state index is 13.5. The number of aromatic nitrogens is 1. The molecule has 0 spiro atoms. The summed E-state index contributed by atoms with van der Waals surface area (Å²) in [5.41, 5.74) is 2.96. The second kappa shape index (κ2) is 11.9. The largest absolute Gasteiger partial charge is 0.493 e. The summed E-state index contributed by atoms with van der Waals surface area (Å²) < 4.78 is 11.7. The lowest BCUT2D eigenvalue weighted by atomic mass is 10.0. The van der Waals surface area contributed by atoms with Crippen LogP contribution in [0.15, 0.2) is 84.1 Å². The van der Waals surface area contributed by atoms with Gasteiger partial charge in [0, 0.05) is 6.20 Å². The number of carbonyl (C=O) groups excluding carboxylic acids is 2. The summed E-state index contributed by atoms with van der Waals surface area (Å²) in [5, 5.41) is 0. The molecular weight excluding hydrogens is 488 g/mol. The molecule has 6 nitrogen and oxygen atoms in total. The van der Waals surface area contributed by atoms with Crippen LogP contribution in [0.3, 0.4) is 0 Å². The summed E-state index contributed by atoms with van der Waals surface area (Å²) in [4.78, 5) is 32.5. The maximum atomic E-state index is 13.5. The number of hydrogen-bond acceptors (Lipinski definition) is 5. The average molecular weight is 517 g/mol. The van der Waals surface area contributed by atoms with E-state index in [1.807, 2.05) is 54.6 Å². The van der Waals surface area contributed by atoms with Crippen LogP contribution in [0.2, 0.25) is 0 Å². The predicted octanol–water partition coefficient (Wildman–Crippen LogP) is 5.87. The number of nitrogens with zero attached hydrogens (tertiary/aromatic N) is 2. The van der Waals surface area contributed by atoms with Gasteiger partial charge in [0.15, 0.2) is 11.5 Å². The van der Waals surface area contributed by atoms with Gasteiger partial charge >= 0.3 is 0 Å². The molecule has 190 valence electrons. The van der Waals surface area contributed by atoms with Crippen LogP contribution in [-0.2, 0) is 16.1 Å². The molecule has 2 amide bonds. The number of carbonyl (C=O) groups is 2. The van der Waals surface area contributed by atoms with E-state index >= 15 is 0 Å². The normalized spacial score (nSPS) is 17.9. The highest BCUT2D eigenvalue weighted by Gasteiger charge is 2.39. The topological polar surface area (TPSA) is 68.7 Å². The number of likely N-dealkylation sites (tertiary alicyclic amines) is 1. The van der Waals surface area contributed by atoms with Crippen molar-refractivity contribution in [2.75, 3.05) is 7.11 Å². The zero-order valence-electron chi connectivity index (χ0n) is 20.6. The highest BCUT2D eigenvalue weighted by molar-refractivity contribution is 6.28. The van der Waals surface area contributed by atoms with E-state index in [1.54, 1.807) is 37.6 Å². The van der Waals surface area contributed by atoms with Crippen molar-refractivity contribution in [1.82, 2.24) is 9.88 Å². The zero-order chi connectivity index (χ0) is 24.9. The maximum Gasteiger partial charge on any atom is 0.261 e. The quantitative estimate of drug-likeness (QED) is 0.290. The Morgan fingerprint density at radius 2 is 1.54 bits per heavy atom. The Kier molecular flexibility index (Phi) is 8.41. The van der Waals surface area contributed by atoms with Crippen molar-refractivity contribution in [3.8, 4) is 11.5 Å². The number of benzene rings is 2. The molecule has 1 saturated heterocycles. The Morgan fingerprint density at radius 1 is 0.865 bits per heavy atom. The number of pyridine rings is 1. The molecular formula is C30H29ClN2O4. The lowest BCUT2D eigenvalue weighted by Crippen LogP contribution is -2.29. The minimum absolute atomic E-state index is 0. The van der Waals surface area contributed by atoms with Crippen LogP contribution in [0.1, 0.15) is 42.5 Å². The molecule has 5 rings (SSSR count). The van der Waals surface area contributed by atoms with E-state index in [4.69, 9.17) is 9.47 Å². The van der Waals surface area contributed by atoms with Crippen molar-refractivity contribution < 1.29 is 19.1 Å². The Labute approximate surface area is 223 Å². The van der Waals surface area contributed by atoms with Gasteiger partial charge in [-0.15, -0.1) is 12.4 Å². The van der Waals surface area contributed by atoms with E-state index in [1.165, 1.54) is 4.90 Å². The van der Waals surface area contributed by atoms with Crippen molar-refractivity contribution in [1.29, 1.82) is 0 Å². The minimum atomic E-state index is -0.345. The van der Waals surface area contributed by atoms with Gasteiger partial charge < -0.3 is 9.47 Å². The number of methoxy groups -OCH3 is 1. The molecule has 1 aromatic heterocycles. The second-order valence-corrected chi connectivity index (χ2v) is 8.98. The molecule has 37 heavy (non-hydrogen) atoms. The Hall–Kier alpha value is -3.90. The molecule has 1 aliphatic heterocycles. The predicted molar refractivity (Wildman–Crippen MR) is 145 cm³/mol. The summed E-state index contributed by atoms with van der Waals surface area (Å²) in [6.45, 7) is 0.112. The SMILES string of the molecule is COc1ccc(C=C2C(=O)N(Cc3ccccn3)C(=O)C2=Cc2ccccc2)cc1OC1CCCC1.Cl. The molecule has 3 aromatic rings. The second-order valence-electron chi connectivity index (χ2n) is 8.98. The molecule has 2 aliphatic rings. The van der Waals surface area contributed by atoms with Crippen LogP contribution < -0.4 is 9.47 Å². The summed E-state index contributed by atoms with van der Waals surface area (Å²) in [6, 6.07) is 20.6. The van der Waals surface area contributed by atoms with Gasteiger partial charge in [0.1, 0.15) is 0 Å². The highest BCUT2D eigenvalue weighted by atomic mass is 35.5. The van der Waals surface area contributed by atoms with Gasteiger partial charge in [-0.1, -0.05) is 42.5 Å². The van der Waals surface area contributed by atoms with E-state index in [0.717, 1.165) is 36.8 Å². The molecule has 1 aliphatic carbocycles. The van der Waals surface area contributed by atoms with Crippen LogP contribution in [0.4, 0.5) is 0 Å². The van der Waals surface area contributed by atoms with E-state index < -0.39 is 0 Å². The van der Waals surface area contributed by atoms with Crippen LogP contribution in [0.25, 0.3) is 12.2 Å². The van der Waals surface area contributed by atoms with Crippen molar-refractivity contribution >= 4 is 36.4 Å². The van der Waals surface area contributed by atoms with Crippen LogP contribution >= 0.6 is 12.4 Å².